The molecule has 1 fully saturated rings. The average Bonchev–Trinajstić information content (AvgIpc) is 2.93. The van der Waals surface area contributed by atoms with Crippen LogP contribution in [0.3, 0.4) is 0 Å². The Hall–Kier alpha value is -2.38. The lowest BCUT2D eigenvalue weighted by atomic mass is 9.87. The van der Waals surface area contributed by atoms with Crippen LogP contribution in [-0.2, 0) is 10.3 Å². The number of imide groups is 1. The number of benzene rings is 2. The standard InChI is InChI=1S/C20H21BrN2O4/c1-2-20(14-6-4-3-5-7-14)18(25)23(19(26)22-20)12-16(24)13-27-17-10-8-15(21)9-11-17/h3-11,16,24H,2,12-13H2,1H3,(H,22,26). The molecule has 7 heteroatoms. The van der Waals surface area contributed by atoms with E-state index in [1.54, 1.807) is 12.1 Å². The molecule has 6 nitrogen and oxygen atoms in total. The van der Waals surface area contributed by atoms with Crippen molar-refractivity contribution in [1.82, 2.24) is 10.2 Å². The number of β-amino-alcohol motifs (C(OH)–C–C–N with tert-alkyl or cyclic N) is 1. The van der Waals surface area contributed by atoms with Gasteiger partial charge in [-0.1, -0.05) is 53.2 Å². The molecule has 27 heavy (non-hydrogen) atoms. The van der Waals surface area contributed by atoms with E-state index in [0.717, 1.165) is 14.9 Å². The van der Waals surface area contributed by atoms with Crippen molar-refractivity contribution in [2.24, 2.45) is 0 Å². The summed E-state index contributed by atoms with van der Waals surface area (Å²) in [6.45, 7) is 1.70. The minimum Gasteiger partial charge on any atom is -0.491 e. The van der Waals surface area contributed by atoms with Gasteiger partial charge in [-0.15, -0.1) is 0 Å². The van der Waals surface area contributed by atoms with Gasteiger partial charge in [-0.25, -0.2) is 4.79 Å². The van der Waals surface area contributed by atoms with Crippen molar-refractivity contribution in [2.75, 3.05) is 13.2 Å². The minimum absolute atomic E-state index is 0.0246. The molecule has 2 unspecified atom stereocenters. The maximum Gasteiger partial charge on any atom is 0.325 e. The van der Waals surface area contributed by atoms with Crippen LogP contribution in [0.2, 0.25) is 0 Å². The van der Waals surface area contributed by atoms with Gasteiger partial charge >= 0.3 is 6.03 Å². The number of rotatable bonds is 7. The maximum absolute atomic E-state index is 13.0. The summed E-state index contributed by atoms with van der Waals surface area (Å²) in [6, 6.07) is 15.8. The molecular weight excluding hydrogens is 412 g/mol. The van der Waals surface area contributed by atoms with E-state index < -0.39 is 17.7 Å². The molecule has 2 aromatic carbocycles. The van der Waals surface area contributed by atoms with E-state index in [0.29, 0.717) is 12.2 Å². The SMILES string of the molecule is CCC1(c2ccccc2)NC(=O)N(CC(O)COc2ccc(Br)cc2)C1=O. The lowest BCUT2D eigenvalue weighted by molar-refractivity contribution is -0.132. The van der Waals surface area contributed by atoms with Gasteiger partial charge in [0.2, 0.25) is 0 Å². The van der Waals surface area contributed by atoms with Crippen molar-refractivity contribution < 1.29 is 19.4 Å². The second-order valence-electron chi connectivity index (χ2n) is 6.39. The van der Waals surface area contributed by atoms with Crippen LogP contribution >= 0.6 is 15.9 Å². The molecule has 2 aromatic rings. The van der Waals surface area contributed by atoms with Crippen LogP contribution in [-0.4, -0.2) is 41.2 Å². The number of halogens is 1. The molecule has 2 N–H and O–H groups in total. The van der Waals surface area contributed by atoms with Crippen LogP contribution < -0.4 is 10.1 Å². The van der Waals surface area contributed by atoms with Gasteiger partial charge in [-0.2, -0.15) is 0 Å². The smallest absolute Gasteiger partial charge is 0.325 e. The number of hydrogen-bond acceptors (Lipinski definition) is 4. The van der Waals surface area contributed by atoms with E-state index in [1.807, 2.05) is 49.4 Å². The number of hydrogen-bond donors (Lipinski definition) is 2. The van der Waals surface area contributed by atoms with Crippen molar-refractivity contribution in [2.45, 2.75) is 25.0 Å². The summed E-state index contributed by atoms with van der Waals surface area (Å²) in [4.78, 5) is 26.5. The van der Waals surface area contributed by atoms with Gasteiger partial charge < -0.3 is 15.2 Å². The lowest BCUT2D eigenvalue weighted by Crippen LogP contribution is -2.44. The number of aliphatic hydroxyl groups excluding tert-OH is 1. The number of amides is 3. The summed E-state index contributed by atoms with van der Waals surface area (Å²) in [6.07, 6.45) is -0.574. The number of ether oxygens (including phenoxy) is 1. The van der Waals surface area contributed by atoms with Crippen LogP contribution in [0.15, 0.2) is 59.1 Å². The van der Waals surface area contributed by atoms with Gasteiger partial charge in [0.1, 0.15) is 24.0 Å². The van der Waals surface area contributed by atoms with Gasteiger partial charge in [-0.05, 0) is 36.2 Å². The Morgan fingerprint density at radius 2 is 1.81 bits per heavy atom. The van der Waals surface area contributed by atoms with Crippen molar-refractivity contribution in [3.05, 3.63) is 64.6 Å². The first kappa shape index (κ1) is 19.4. The molecule has 1 aliphatic heterocycles. The molecule has 3 amide bonds. The van der Waals surface area contributed by atoms with Gasteiger partial charge in [0.25, 0.3) is 5.91 Å². The summed E-state index contributed by atoms with van der Waals surface area (Å²) in [5.74, 6) is 0.241. The Morgan fingerprint density at radius 1 is 1.15 bits per heavy atom. The molecular formula is C20H21BrN2O4. The fourth-order valence-electron chi connectivity index (χ4n) is 3.14. The van der Waals surface area contributed by atoms with Gasteiger partial charge in [0, 0.05) is 4.47 Å². The third kappa shape index (κ3) is 3.99. The molecule has 1 aliphatic rings. The molecule has 0 aromatic heterocycles. The topological polar surface area (TPSA) is 78.9 Å². The predicted octanol–water partition coefficient (Wildman–Crippen LogP) is 3.05. The second-order valence-corrected chi connectivity index (χ2v) is 7.31. The third-order valence-corrected chi connectivity index (χ3v) is 5.15. The summed E-state index contributed by atoms with van der Waals surface area (Å²) in [5.41, 5.74) is -0.362. The van der Waals surface area contributed by atoms with Crippen LogP contribution in [0.5, 0.6) is 5.75 Å². The van der Waals surface area contributed by atoms with Crippen molar-refractivity contribution in [3.8, 4) is 5.75 Å². The molecule has 142 valence electrons. The predicted molar refractivity (Wildman–Crippen MR) is 104 cm³/mol. The number of nitrogens with one attached hydrogen (secondary N) is 1. The zero-order chi connectivity index (χ0) is 19.4. The number of nitrogens with zero attached hydrogens (tertiary/aromatic N) is 1. The highest BCUT2D eigenvalue weighted by Crippen LogP contribution is 2.32. The Bertz CT molecular complexity index is 812. The maximum atomic E-state index is 13.0. The molecule has 0 bridgehead atoms. The number of carbonyl (C=O) groups is 2. The first-order valence-corrected chi connectivity index (χ1v) is 9.51. The fraction of sp³-hybridized carbons (Fsp3) is 0.300. The highest BCUT2D eigenvalue weighted by molar-refractivity contribution is 9.10. The van der Waals surface area contributed by atoms with Gasteiger partial charge in [0.05, 0.1) is 6.54 Å². The average molecular weight is 433 g/mol. The summed E-state index contributed by atoms with van der Waals surface area (Å²) < 4.78 is 6.45. The Labute approximate surface area is 166 Å². The van der Waals surface area contributed by atoms with E-state index in [1.165, 1.54) is 0 Å². The first-order chi connectivity index (χ1) is 13.0. The molecule has 1 saturated heterocycles. The zero-order valence-electron chi connectivity index (χ0n) is 14.9. The van der Waals surface area contributed by atoms with Gasteiger partial charge in [-0.3, -0.25) is 9.69 Å². The molecule has 0 saturated carbocycles. The Morgan fingerprint density at radius 3 is 2.44 bits per heavy atom. The second kappa shape index (κ2) is 8.10. The summed E-state index contributed by atoms with van der Waals surface area (Å²) in [7, 11) is 0. The largest absolute Gasteiger partial charge is 0.491 e. The lowest BCUT2D eigenvalue weighted by Gasteiger charge is -2.26. The van der Waals surface area contributed by atoms with Crippen molar-refractivity contribution >= 4 is 27.9 Å². The number of carbonyl (C=O) groups excluding carboxylic acids is 2. The number of aliphatic hydroxyl groups is 1. The number of urea groups is 1. The molecule has 0 radical (unpaired) electrons. The summed E-state index contributed by atoms with van der Waals surface area (Å²) >= 11 is 3.34. The Balaban J connectivity index is 1.67. The zero-order valence-corrected chi connectivity index (χ0v) is 16.5. The monoisotopic (exact) mass is 432 g/mol. The Kier molecular flexibility index (Phi) is 5.82. The molecule has 1 heterocycles. The minimum atomic E-state index is -1.09. The molecule has 0 aliphatic carbocycles. The van der Waals surface area contributed by atoms with E-state index in [4.69, 9.17) is 4.74 Å². The fourth-order valence-corrected chi connectivity index (χ4v) is 3.41. The van der Waals surface area contributed by atoms with E-state index >= 15 is 0 Å². The van der Waals surface area contributed by atoms with E-state index in [9.17, 15) is 14.7 Å². The van der Waals surface area contributed by atoms with Crippen LogP contribution in [0.1, 0.15) is 18.9 Å². The molecule has 2 atom stereocenters. The van der Waals surface area contributed by atoms with Crippen LogP contribution in [0, 0.1) is 0 Å². The van der Waals surface area contributed by atoms with Gasteiger partial charge in [0.15, 0.2) is 0 Å². The highest BCUT2D eigenvalue weighted by Gasteiger charge is 2.51. The summed E-state index contributed by atoms with van der Waals surface area (Å²) in [5, 5.41) is 13.1. The molecule has 0 spiro atoms. The first-order valence-electron chi connectivity index (χ1n) is 8.72. The highest BCUT2D eigenvalue weighted by atomic mass is 79.9. The third-order valence-electron chi connectivity index (χ3n) is 4.62. The van der Waals surface area contributed by atoms with E-state index in [2.05, 4.69) is 21.2 Å². The van der Waals surface area contributed by atoms with Crippen molar-refractivity contribution in [3.63, 3.8) is 0 Å². The van der Waals surface area contributed by atoms with Crippen LogP contribution in [0.25, 0.3) is 0 Å². The normalized spacial score (nSPS) is 20.5. The quantitative estimate of drug-likeness (QED) is 0.658. The van der Waals surface area contributed by atoms with E-state index in [-0.39, 0.29) is 19.1 Å². The van der Waals surface area contributed by atoms with Crippen LogP contribution in [0.4, 0.5) is 4.79 Å². The molecule has 3 rings (SSSR count). The van der Waals surface area contributed by atoms with Crippen molar-refractivity contribution in [1.29, 1.82) is 0 Å².